The Bertz CT molecular complexity index is 284. The van der Waals surface area contributed by atoms with Crippen molar-refractivity contribution in [2.45, 2.75) is 77.7 Å². The highest BCUT2D eigenvalue weighted by Gasteiger charge is 2.46. The molecule has 0 spiro atoms. The number of hydrogen-bond acceptors (Lipinski definition) is 3. The van der Waals surface area contributed by atoms with Gasteiger partial charge >= 0.3 is 5.97 Å². The minimum Gasteiger partial charge on any atom is -0.467 e. The second kappa shape index (κ2) is 8.66. The maximum atomic E-state index is 12.4. The Hall–Kier alpha value is -0.570. The zero-order valence-electron chi connectivity index (χ0n) is 13.7. The Morgan fingerprint density at radius 3 is 2.35 bits per heavy atom. The van der Waals surface area contributed by atoms with E-state index in [9.17, 15) is 4.79 Å². The van der Waals surface area contributed by atoms with Crippen LogP contribution in [0.3, 0.4) is 0 Å². The van der Waals surface area contributed by atoms with E-state index in [1.54, 1.807) is 0 Å². The van der Waals surface area contributed by atoms with E-state index in [0.717, 1.165) is 25.2 Å². The third-order valence-electron chi connectivity index (χ3n) is 4.85. The van der Waals surface area contributed by atoms with Crippen LogP contribution in [-0.4, -0.2) is 25.3 Å². The highest BCUT2D eigenvalue weighted by atomic mass is 16.6. The highest BCUT2D eigenvalue weighted by Crippen LogP contribution is 2.40. The fourth-order valence-electron chi connectivity index (χ4n) is 3.85. The van der Waals surface area contributed by atoms with E-state index in [2.05, 4.69) is 6.92 Å². The van der Waals surface area contributed by atoms with Crippen LogP contribution < -0.4 is 0 Å². The van der Waals surface area contributed by atoms with Crippen LogP contribution in [0.15, 0.2) is 0 Å². The van der Waals surface area contributed by atoms with Crippen molar-refractivity contribution in [1.29, 1.82) is 0 Å². The van der Waals surface area contributed by atoms with Crippen LogP contribution in [0.4, 0.5) is 0 Å². The molecule has 118 valence electrons. The van der Waals surface area contributed by atoms with Crippen molar-refractivity contribution in [3.8, 4) is 0 Å². The average molecular weight is 284 g/mol. The molecule has 3 heteroatoms. The summed E-state index contributed by atoms with van der Waals surface area (Å²) >= 11 is 0. The van der Waals surface area contributed by atoms with Gasteiger partial charge < -0.3 is 9.47 Å². The summed E-state index contributed by atoms with van der Waals surface area (Å²) in [6.07, 6.45) is 9.25. The fourth-order valence-corrected chi connectivity index (χ4v) is 3.85. The molecule has 2 atom stereocenters. The van der Waals surface area contributed by atoms with E-state index in [1.807, 2.05) is 13.8 Å². The maximum Gasteiger partial charge on any atom is 0.338 e. The summed E-state index contributed by atoms with van der Waals surface area (Å²) in [5.74, 6) is 0.869. The van der Waals surface area contributed by atoms with Crippen molar-refractivity contribution in [3.05, 3.63) is 0 Å². The maximum absolute atomic E-state index is 12.4. The van der Waals surface area contributed by atoms with Gasteiger partial charge in [0.15, 0.2) is 5.60 Å². The predicted molar refractivity (Wildman–Crippen MR) is 81.6 cm³/mol. The van der Waals surface area contributed by atoms with Gasteiger partial charge in [0.25, 0.3) is 0 Å². The normalized spacial score (nSPS) is 20.6. The van der Waals surface area contributed by atoms with Crippen molar-refractivity contribution in [1.82, 2.24) is 0 Å². The molecule has 0 N–H and O–H groups in total. The Kier molecular flexibility index (Phi) is 7.57. The minimum absolute atomic E-state index is 0.182. The molecule has 0 aliphatic heterocycles. The monoisotopic (exact) mass is 284 g/mol. The molecular formula is C17H32O3. The average Bonchev–Trinajstić information content (AvgIpc) is 2.96. The van der Waals surface area contributed by atoms with Crippen molar-refractivity contribution in [2.75, 3.05) is 13.7 Å². The van der Waals surface area contributed by atoms with Crippen molar-refractivity contribution < 1.29 is 14.3 Å². The molecule has 1 aliphatic carbocycles. The molecule has 20 heavy (non-hydrogen) atoms. The molecule has 0 radical (unpaired) electrons. The van der Waals surface area contributed by atoms with Crippen LogP contribution in [0.1, 0.15) is 72.1 Å². The molecule has 1 aliphatic rings. The first-order chi connectivity index (χ1) is 9.64. The Labute approximate surface area is 124 Å². The summed E-state index contributed by atoms with van der Waals surface area (Å²) in [6.45, 7) is 6.76. The van der Waals surface area contributed by atoms with E-state index in [4.69, 9.17) is 9.47 Å². The SMILES string of the molecule is CCCC(CC1CCCC1)C(CC)(OCC)C(=O)OC. The topological polar surface area (TPSA) is 35.5 Å². The first-order valence-electron chi connectivity index (χ1n) is 8.36. The lowest BCUT2D eigenvalue weighted by Crippen LogP contribution is -2.49. The summed E-state index contributed by atoms with van der Waals surface area (Å²) < 4.78 is 11.1. The van der Waals surface area contributed by atoms with Gasteiger partial charge in [0.05, 0.1) is 7.11 Å². The smallest absolute Gasteiger partial charge is 0.338 e. The van der Waals surface area contributed by atoms with Crippen LogP contribution >= 0.6 is 0 Å². The minimum atomic E-state index is -0.734. The van der Waals surface area contributed by atoms with E-state index >= 15 is 0 Å². The molecular weight excluding hydrogens is 252 g/mol. The van der Waals surface area contributed by atoms with Crippen LogP contribution in [0.2, 0.25) is 0 Å². The number of ether oxygens (including phenoxy) is 2. The molecule has 3 nitrogen and oxygen atoms in total. The molecule has 0 saturated heterocycles. The lowest BCUT2D eigenvalue weighted by molar-refractivity contribution is -0.180. The van der Waals surface area contributed by atoms with Gasteiger partial charge in [0.1, 0.15) is 0 Å². The quantitative estimate of drug-likeness (QED) is 0.591. The Morgan fingerprint density at radius 1 is 1.25 bits per heavy atom. The number of esters is 1. The molecule has 2 unspecified atom stereocenters. The number of methoxy groups -OCH3 is 1. The van der Waals surface area contributed by atoms with Crippen molar-refractivity contribution in [3.63, 3.8) is 0 Å². The zero-order chi connectivity index (χ0) is 15.0. The predicted octanol–water partition coefficient (Wildman–Crippen LogP) is 4.34. The van der Waals surface area contributed by atoms with Gasteiger partial charge in [0.2, 0.25) is 0 Å². The van der Waals surface area contributed by atoms with Gasteiger partial charge in [-0.15, -0.1) is 0 Å². The molecule has 0 aromatic rings. The lowest BCUT2D eigenvalue weighted by atomic mass is 9.76. The summed E-state index contributed by atoms with van der Waals surface area (Å²) in [4.78, 5) is 12.4. The molecule has 0 heterocycles. The van der Waals surface area contributed by atoms with Gasteiger partial charge in [-0.3, -0.25) is 0 Å². The van der Waals surface area contributed by atoms with Crippen LogP contribution in [0, 0.1) is 11.8 Å². The largest absolute Gasteiger partial charge is 0.467 e. The van der Waals surface area contributed by atoms with E-state index in [1.165, 1.54) is 32.8 Å². The van der Waals surface area contributed by atoms with Crippen LogP contribution in [-0.2, 0) is 14.3 Å². The third kappa shape index (κ3) is 3.97. The summed E-state index contributed by atoms with van der Waals surface area (Å²) in [6, 6.07) is 0. The molecule has 1 saturated carbocycles. The number of carbonyl (C=O) groups excluding carboxylic acids is 1. The molecule has 1 fully saturated rings. The Morgan fingerprint density at radius 2 is 1.90 bits per heavy atom. The van der Waals surface area contributed by atoms with E-state index < -0.39 is 5.60 Å². The summed E-state index contributed by atoms with van der Waals surface area (Å²) in [5, 5.41) is 0. The molecule has 0 aromatic carbocycles. The number of hydrogen-bond donors (Lipinski definition) is 0. The van der Waals surface area contributed by atoms with Crippen molar-refractivity contribution in [2.24, 2.45) is 11.8 Å². The molecule has 1 rings (SSSR count). The van der Waals surface area contributed by atoms with Gasteiger partial charge in [0, 0.05) is 6.61 Å². The van der Waals surface area contributed by atoms with E-state index in [-0.39, 0.29) is 11.9 Å². The van der Waals surface area contributed by atoms with Gasteiger partial charge in [-0.25, -0.2) is 4.79 Å². The first-order valence-corrected chi connectivity index (χ1v) is 8.36. The number of carbonyl (C=O) groups is 1. The zero-order valence-corrected chi connectivity index (χ0v) is 13.7. The standard InChI is InChI=1S/C17H32O3/c1-5-10-15(13-14-11-8-9-12-14)17(6-2,20-7-3)16(18)19-4/h14-15H,5-13H2,1-4H3. The third-order valence-corrected chi connectivity index (χ3v) is 4.85. The van der Waals surface area contributed by atoms with Crippen LogP contribution in [0.5, 0.6) is 0 Å². The van der Waals surface area contributed by atoms with Gasteiger partial charge in [-0.2, -0.15) is 0 Å². The second-order valence-electron chi connectivity index (χ2n) is 6.04. The first kappa shape index (κ1) is 17.5. The van der Waals surface area contributed by atoms with Crippen LogP contribution in [0.25, 0.3) is 0 Å². The lowest BCUT2D eigenvalue weighted by Gasteiger charge is -2.38. The number of rotatable bonds is 9. The Balaban J connectivity index is 2.91. The van der Waals surface area contributed by atoms with Crippen molar-refractivity contribution >= 4 is 5.97 Å². The molecule has 0 bridgehead atoms. The highest BCUT2D eigenvalue weighted by molar-refractivity contribution is 5.80. The second-order valence-corrected chi connectivity index (χ2v) is 6.04. The summed E-state index contributed by atoms with van der Waals surface area (Å²) in [7, 11) is 1.48. The molecule has 0 amide bonds. The van der Waals surface area contributed by atoms with E-state index in [0.29, 0.717) is 13.0 Å². The summed E-state index contributed by atoms with van der Waals surface area (Å²) in [5.41, 5.74) is -0.734. The fraction of sp³-hybridized carbons (Fsp3) is 0.941. The molecule has 0 aromatic heterocycles. The van der Waals surface area contributed by atoms with Gasteiger partial charge in [-0.1, -0.05) is 46.0 Å². The van der Waals surface area contributed by atoms with Gasteiger partial charge in [-0.05, 0) is 38.0 Å².